The third-order valence-electron chi connectivity index (χ3n) is 4.88. The third-order valence-corrected chi connectivity index (χ3v) is 8.46. The summed E-state index contributed by atoms with van der Waals surface area (Å²) >= 11 is 13.6. The molecule has 0 atom stereocenters. The van der Waals surface area contributed by atoms with Crippen LogP contribution in [0.4, 0.5) is 5.13 Å². The van der Waals surface area contributed by atoms with Crippen LogP contribution in [0.3, 0.4) is 0 Å². The first-order chi connectivity index (χ1) is 13.4. The normalized spacial score (nSPS) is 15.7. The highest BCUT2D eigenvalue weighted by Gasteiger charge is 2.32. The maximum Gasteiger partial charge on any atom is 0.185 e. The first-order valence-corrected chi connectivity index (χ1v) is 12.1. The second-order valence-electron chi connectivity index (χ2n) is 6.72. The molecule has 0 bridgehead atoms. The number of hydrogen-bond donors (Lipinski definition) is 0. The zero-order chi connectivity index (χ0) is 19.7. The van der Waals surface area contributed by atoms with Crippen LogP contribution in [-0.2, 0) is 9.84 Å². The van der Waals surface area contributed by atoms with E-state index in [2.05, 4.69) is 4.90 Å². The van der Waals surface area contributed by atoms with Crippen molar-refractivity contribution < 1.29 is 8.42 Å². The summed E-state index contributed by atoms with van der Waals surface area (Å²) in [5, 5.41) is 3.20. The fraction of sp³-hybridized carbons (Fsp3) is 0.250. The molecule has 146 valence electrons. The number of halogens is 2. The van der Waals surface area contributed by atoms with Crippen molar-refractivity contribution in [3.63, 3.8) is 0 Å². The van der Waals surface area contributed by atoms with Gasteiger partial charge in [-0.2, -0.15) is 0 Å². The van der Waals surface area contributed by atoms with Gasteiger partial charge in [-0.15, -0.1) is 11.3 Å². The number of nitrogens with zero attached hydrogens (tertiary/aromatic N) is 2. The lowest BCUT2D eigenvalue weighted by molar-refractivity contribution is 0.529. The summed E-state index contributed by atoms with van der Waals surface area (Å²) in [5.74, 6) is 0. The molecule has 0 N–H and O–H groups in total. The SMILES string of the molecule is O=S(=O)(c1cc(Cl)cc(Cl)c1)C1CCN(c2nc(-c3ccccc3)cs2)CC1. The number of benzene rings is 2. The number of rotatable bonds is 4. The maximum absolute atomic E-state index is 13.0. The predicted molar refractivity (Wildman–Crippen MR) is 116 cm³/mol. The summed E-state index contributed by atoms with van der Waals surface area (Å²) in [5.41, 5.74) is 2.03. The zero-order valence-corrected chi connectivity index (χ0v) is 18.0. The predicted octanol–water partition coefficient (Wildman–Crippen LogP) is 5.56. The lowest BCUT2D eigenvalue weighted by Crippen LogP contribution is -2.39. The molecule has 2 aromatic carbocycles. The van der Waals surface area contributed by atoms with Crippen molar-refractivity contribution in [2.24, 2.45) is 0 Å². The zero-order valence-electron chi connectivity index (χ0n) is 14.9. The molecular formula is C20H18Cl2N2O2S2. The molecule has 8 heteroatoms. The second-order valence-corrected chi connectivity index (χ2v) is 10.7. The Kier molecular flexibility index (Phi) is 5.65. The van der Waals surface area contributed by atoms with Gasteiger partial charge in [0.2, 0.25) is 0 Å². The molecule has 2 heterocycles. The van der Waals surface area contributed by atoms with Gasteiger partial charge in [0.25, 0.3) is 0 Å². The van der Waals surface area contributed by atoms with Crippen molar-refractivity contribution in [1.82, 2.24) is 4.98 Å². The van der Waals surface area contributed by atoms with Crippen molar-refractivity contribution in [2.45, 2.75) is 23.0 Å². The topological polar surface area (TPSA) is 50.3 Å². The fourth-order valence-electron chi connectivity index (χ4n) is 3.39. The number of aromatic nitrogens is 1. The van der Waals surface area contributed by atoms with E-state index in [-0.39, 0.29) is 4.90 Å². The Balaban J connectivity index is 1.47. The van der Waals surface area contributed by atoms with Crippen LogP contribution in [0.25, 0.3) is 11.3 Å². The van der Waals surface area contributed by atoms with Crippen molar-refractivity contribution in [2.75, 3.05) is 18.0 Å². The summed E-state index contributed by atoms with van der Waals surface area (Å²) in [7, 11) is -3.46. The summed E-state index contributed by atoms with van der Waals surface area (Å²) in [6.45, 7) is 1.31. The van der Waals surface area contributed by atoms with E-state index in [9.17, 15) is 8.42 Å². The molecule has 0 spiro atoms. The molecule has 4 nitrogen and oxygen atoms in total. The van der Waals surface area contributed by atoms with Crippen LogP contribution in [0.2, 0.25) is 10.0 Å². The minimum atomic E-state index is -3.46. The van der Waals surface area contributed by atoms with Crippen molar-refractivity contribution >= 4 is 49.5 Å². The lowest BCUT2D eigenvalue weighted by atomic mass is 10.1. The number of piperidine rings is 1. The molecule has 0 radical (unpaired) electrons. The molecule has 0 unspecified atom stereocenters. The van der Waals surface area contributed by atoms with Crippen LogP contribution in [0.15, 0.2) is 58.8 Å². The molecule has 28 heavy (non-hydrogen) atoms. The van der Waals surface area contributed by atoms with Crippen molar-refractivity contribution in [3.8, 4) is 11.3 Å². The summed E-state index contributed by atoms with van der Waals surface area (Å²) < 4.78 is 26.0. The van der Waals surface area contributed by atoms with Gasteiger partial charge in [-0.3, -0.25) is 0 Å². The average Bonchev–Trinajstić information content (AvgIpc) is 3.18. The Hall–Kier alpha value is -1.60. The van der Waals surface area contributed by atoms with Gasteiger partial charge in [0.1, 0.15) is 0 Å². The molecule has 1 fully saturated rings. The first kappa shape index (κ1) is 19.7. The Morgan fingerprint density at radius 1 is 1.00 bits per heavy atom. The van der Waals surface area contributed by atoms with Crippen molar-refractivity contribution in [3.05, 3.63) is 64.0 Å². The van der Waals surface area contributed by atoms with Crippen LogP contribution in [-0.4, -0.2) is 31.7 Å². The van der Waals surface area contributed by atoms with Crippen LogP contribution in [0.5, 0.6) is 0 Å². The Morgan fingerprint density at radius 2 is 1.64 bits per heavy atom. The van der Waals surface area contributed by atoms with Crippen LogP contribution in [0, 0.1) is 0 Å². The van der Waals surface area contributed by atoms with Crippen molar-refractivity contribution in [1.29, 1.82) is 0 Å². The van der Waals surface area contributed by atoms with Gasteiger partial charge in [0, 0.05) is 34.1 Å². The molecule has 1 aromatic heterocycles. The molecule has 4 rings (SSSR count). The monoisotopic (exact) mass is 452 g/mol. The van der Waals surface area contributed by atoms with E-state index < -0.39 is 15.1 Å². The van der Waals surface area contributed by atoms with Crippen LogP contribution >= 0.6 is 34.5 Å². The van der Waals surface area contributed by atoms with Gasteiger partial charge < -0.3 is 4.90 Å². The van der Waals surface area contributed by atoms with E-state index in [1.807, 2.05) is 35.7 Å². The number of sulfone groups is 1. The lowest BCUT2D eigenvalue weighted by Gasteiger charge is -2.31. The van der Waals surface area contributed by atoms with Gasteiger partial charge in [0.15, 0.2) is 15.0 Å². The first-order valence-electron chi connectivity index (χ1n) is 8.89. The smallest absolute Gasteiger partial charge is 0.185 e. The highest BCUT2D eigenvalue weighted by molar-refractivity contribution is 7.92. The summed E-state index contributed by atoms with van der Waals surface area (Å²) in [4.78, 5) is 7.09. The van der Waals surface area contributed by atoms with E-state index in [0.29, 0.717) is 36.0 Å². The maximum atomic E-state index is 13.0. The Labute approximate surface area is 178 Å². The van der Waals surface area contributed by atoms with E-state index >= 15 is 0 Å². The Morgan fingerprint density at radius 3 is 2.29 bits per heavy atom. The quantitative estimate of drug-likeness (QED) is 0.519. The largest absolute Gasteiger partial charge is 0.348 e. The van der Waals surface area contributed by atoms with E-state index in [4.69, 9.17) is 28.2 Å². The highest BCUT2D eigenvalue weighted by Crippen LogP contribution is 2.33. The number of thiazole rings is 1. The van der Waals surface area contributed by atoms with Crippen LogP contribution < -0.4 is 4.90 Å². The van der Waals surface area contributed by atoms with Gasteiger partial charge in [-0.05, 0) is 31.0 Å². The molecule has 0 amide bonds. The van der Waals surface area contributed by atoms with E-state index in [1.54, 1.807) is 11.3 Å². The molecule has 0 saturated carbocycles. The molecular weight excluding hydrogens is 435 g/mol. The van der Waals surface area contributed by atoms with Gasteiger partial charge in [0.05, 0.1) is 15.8 Å². The standard InChI is InChI=1S/C20H18Cl2N2O2S2/c21-15-10-16(22)12-18(11-15)28(25,26)17-6-8-24(9-7-17)20-23-19(13-27-20)14-4-2-1-3-5-14/h1-5,10-13,17H,6-9H2. The molecule has 0 aliphatic carbocycles. The molecule has 1 aliphatic heterocycles. The van der Waals surface area contributed by atoms with E-state index in [1.165, 1.54) is 18.2 Å². The summed E-state index contributed by atoms with van der Waals surface area (Å²) in [6.07, 6.45) is 1.10. The van der Waals surface area contributed by atoms with Gasteiger partial charge in [-0.1, -0.05) is 53.5 Å². The molecule has 1 aliphatic rings. The Bertz CT molecular complexity index is 1060. The fourth-order valence-corrected chi connectivity index (χ4v) is 6.74. The third kappa shape index (κ3) is 4.06. The van der Waals surface area contributed by atoms with Crippen LogP contribution in [0.1, 0.15) is 12.8 Å². The number of anilines is 1. The minimum Gasteiger partial charge on any atom is -0.348 e. The summed E-state index contributed by atoms with van der Waals surface area (Å²) in [6, 6.07) is 14.5. The average molecular weight is 453 g/mol. The van der Waals surface area contributed by atoms with Gasteiger partial charge in [-0.25, -0.2) is 13.4 Å². The van der Waals surface area contributed by atoms with E-state index in [0.717, 1.165) is 16.4 Å². The highest BCUT2D eigenvalue weighted by atomic mass is 35.5. The minimum absolute atomic E-state index is 0.198. The molecule has 1 saturated heterocycles. The second kappa shape index (κ2) is 8.03. The molecule has 3 aromatic rings. The number of hydrogen-bond acceptors (Lipinski definition) is 5. The van der Waals surface area contributed by atoms with Gasteiger partial charge >= 0.3 is 0 Å².